The summed E-state index contributed by atoms with van der Waals surface area (Å²) >= 11 is 0. The SMILES string of the molecule is CCc1cc2ccc(CN3CCN(c4ncc(C)n4C)CC3)cc2[nH]c1=O. The Kier molecular flexibility index (Phi) is 4.74. The minimum atomic E-state index is 0.0288. The van der Waals surface area contributed by atoms with Crippen LogP contribution in [0.1, 0.15) is 23.7 Å². The van der Waals surface area contributed by atoms with Gasteiger partial charge in [-0.15, -0.1) is 0 Å². The van der Waals surface area contributed by atoms with Gasteiger partial charge in [0.15, 0.2) is 0 Å². The number of hydrogen-bond donors (Lipinski definition) is 1. The molecule has 1 aliphatic rings. The van der Waals surface area contributed by atoms with Crippen molar-refractivity contribution >= 4 is 16.9 Å². The van der Waals surface area contributed by atoms with E-state index in [0.717, 1.165) is 61.6 Å². The van der Waals surface area contributed by atoms with Crippen molar-refractivity contribution in [2.24, 2.45) is 7.05 Å². The molecule has 1 N–H and O–H groups in total. The third-order valence-corrected chi connectivity index (χ3v) is 5.63. The molecule has 6 heteroatoms. The summed E-state index contributed by atoms with van der Waals surface area (Å²) in [5, 5.41) is 1.10. The number of fused-ring (bicyclic) bond motifs is 1. The molecule has 3 heterocycles. The molecule has 0 aliphatic carbocycles. The molecule has 0 bridgehead atoms. The lowest BCUT2D eigenvalue weighted by Gasteiger charge is -2.35. The number of aromatic nitrogens is 3. The molecule has 1 aliphatic heterocycles. The van der Waals surface area contributed by atoms with Crippen LogP contribution in [0.4, 0.5) is 5.95 Å². The first kappa shape index (κ1) is 17.8. The number of H-pyrrole nitrogens is 1. The molecule has 1 saturated heterocycles. The zero-order valence-corrected chi connectivity index (χ0v) is 16.3. The highest BCUT2D eigenvalue weighted by atomic mass is 16.1. The summed E-state index contributed by atoms with van der Waals surface area (Å²) in [6, 6.07) is 8.41. The molecule has 3 aromatic rings. The van der Waals surface area contributed by atoms with Crippen LogP contribution in [0.25, 0.3) is 10.9 Å². The average Bonchev–Trinajstić information content (AvgIpc) is 3.01. The summed E-state index contributed by atoms with van der Waals surface area (Å²) in [4.78, 5) is 24.5. The predicted octanol–water partition coefficient (Wildman–Crippen LogP) is 2.45. The molecule has 0 saturated carbocycles. The Hall–Kier alpha value is -2.60. The van der Waals surface area contributed by atoms with E-state index in [1.54, 1.807) is 0 Å². The van der Waals surface area contributed by atoms with Crippen molar-refractivity contribution in [1.82, 2.24) is 19.4 Å². The molecule has 1 fully saturated rings. The van der Waals surface area contributed by atoms with Crippen LogP contribution in [0.15, 0.2) is 35.3 Å². The summed E-state index contributed by atoms with van der Waals surface area (Å²) in [6.45, 7) is 8.98. The van der Waals surface area contributed by atoms with E-state index in [1.807, 2.05) is 19.2 Å². The Balaban J connectivity index is 1.44. The molecule has 1 aromatic carbocycles. The van der Waals surface area contributed by atoms with Gasteiger partial charge in [0.05, 0.1) is 6.20 Å². The molecule has 0 unspecified atom stereocenters. The molecule has 0 amide bonds. The number of piperazine rings is 1. The molecule has 142 valence electrons. The second kappa shape index (κ2) is 7.19. The zero-order valence-electron chi connectivity index (χ0n) is 16.3. The van der Waals surface area contributed by atoms with E-state index in [9.17, 15) is 4.79 Å². The molecule has 6 nitrogen and oxygen atoms in total. The number of nitrogens with one attached hydrogen (secondary N) is 1. The number of hydrogen-bond acceptors (Lipinski definition) is 4. The minimum absolute atomic E-state index is 0.0288. The van der Waals surface area contributed by atoms with Gasteiger partial charge in [-0.1, -0.05) is 19.1 Å². The third-order valence-electron chi connectivity index (χ3n) is 5.63. The highest BCUT2D eigenvalue weighted by molar-refractivity contribution is 5.79. The van der Waals surface area contributed by atoms with Gasteiger partial charge in [0.1, 0.15) is 0 Å². The van der Waals surface area contributed by atoms with Crippen molar-refractivity contribution in [3.63, 3.8) is 0 Å². The van der Waals surface area contributed by atoms with Crippen molar-refractivity contribution in [1.29, 1.82) is 0 Å². The normalized spacial score (nSPS) is 15.6. The van der Waals surface area contributed by atoms with E-state index in [2.05, 4.69) is 56.5 Å². The second-order valence-electron chi connectivity index (χ2n) is 7.42. The number of rotatable bonds is 4. The number of pyridine rings is 1. The molecule has 0 atom stereocenters. The molecule has 4 rings (SSSR count). The molecule has 2 aromatic heterocycles. The predicted molar refractivity (Wildman–Crippen MR) is 109 cm³/mol. The van der Waals surface area contributed by atoms with Gasteiger partial charge in [-0.25, -0.2) is 4.98 Å². The second-order valence-corrected chi connectivity index (χ2v) is 7.42. The largest absolute Gasteiger partial charge is 0.340 e. The maximum absolute atomic E-state index is 12.1. The van der Waals surface area contributed by atoms with E-state index in [-0.39, 0.29) is 5.56 Å². The Morgan fingerprint density at radius 1 is 1.15 bits per heavy atom. The van der Waals surface area contributed by atoms with Crippen molar-refractivity contribution in [2.45, 2.75) is 26.8 Å². The zero-order chi connectivity index (χ0) is 19.0. The maximum Gasteiger partial charge on any atom is 0.251 e. The van der Waals surface area contributed by atoms with Gasteiger partial charge in [-0.2, -0.15) is 0 Å². The van der Waals surface area contributed by atoms with Crippen LogP contribution in [-0.4, -0.2) is 45.6 Å². The fourth-order valence-electron chi connectivity index (χ4n) is 3.79. The first-order valence-electron chi connectivity index (χ1n) is 9.65. The highest BCUT2D eigenvalue weighted by Gasteiger charge is 2.20. The topological polar surface area (TPSA) is 57.2 Å². The standard InChI is InChI=1S/C21H27N5O/c1-4-17-12-18-6-5-16(11-19(18)23-20(17)27)14-25-7-9-26(10-8-25)21-22-13-15(2)24(21)3/h5-6,11-13H,4,7-10,14H2,1-3H3,(H,23,27). The fraction of sp³-hybridized carbons (Fsp3) is 0.429. The lowest BCUT2D eigenvalue weighted by molar-refractivity contribution is 0.248. The highest BCUT2D eigenvalue weighted by Crippen LogP contribution is 2.19. The monoisotopic (exact) mass is 365 g/mol. The number of benzene rings is 1. The lowest BCUT2D eigenvalue weighted by atomic mass is 10.1. The number of aryl methyl sites for hydroxylation is 2. The van der Waals surface area contributed by atoms with Crippen LogP contribution >= 0.6 is 0 Å². The van der Waals surface area contributed by atoms with Gasteiger partial charge in [0, 0.05) is 56.5 Å². The van der Waals surface area contributed by atoms with Crippen LogP contribution in [0.3, 0.4) is 0 Å². The van der Waals surface area contributed by atoms with Crippen LogP contribution in [0.5, 0.6) is 0 Å². The summed E-state index contributed by atoms with van der Waals surface area (Å²) in [5.41, 5.74) is 4.22. The Morgan fingerprint density at radius 3 is 2.59 bits per heavy atom. The molecular formula is C21H27N5O. The minimum Gasteiger partial charge on any atom is -0.340 e. The number of anilines is 1. The van der Waals surface area contributed by atoms with Gasteiger partial charge in [-0.3, -0.25) is 9.69 Å². The van der Waals surface area contributed by atoms with E-state index in [4.69, 9.17) is 0 Å². The van der Waals surface area contributed by atoms with E-state index >= 15 is 0 Å². The van der Waals surface area contributed by atoms with Gasteiger partial charge in [0.25, 0.3) is 5.56 Å². The van der Waals surface area contributed by atoms with E-state index in [1.165, 1.54) is 11.3 Å². The van der Waals surface area contributed by atoms with Gasteiger partial charge >= 0.3 is 0 Å². The van der Waals surface area contributed by atoms with Crippen molar-refractivity contribution in [3.8, 4) is 0 Å². The van der Waals surface area contributed by atoms with Crippen molar-refractivity contribution in [3.05, 3.63) is 57.6 Å². The number of aromatic amines is 1. The summed E-state index contributed by atoms with van der Waals surface area (Å²) < 4.78 is 2.15. The molecule has 0 spiro atoms. The average molecular weight is 365 g/mol. The number of nitrogens with zero attached hydrogens (tertiary/aromatic N) is 4. The van der Waals surface area contributed by atoms with Gasteiger partial charge in [-0.05, 0) is 36.4 Å². The first-order chi connectivity index (χ1) is 13.0. The Labute approximate surface area is 159 Å². The quantitative estimate of drug-likeness (QED) is 0.772. The molecule has 0 radical (unpaired) electrons. The van der Waals surface area contributed by atoms with E-state index < -0.39 is 0 Å². The number of imidazole rings is 1. The lowest BCUT2D eigenvalue weighted by Crippen LogP contribution is -2.46. The summed E-state index contributed by atoms with van der Waals surface area (Å²) in [6.07, 6.45) is 2.69. The summed E-state index contributed by atoms with van der Waals surface area (Å²) in [5.74, 6) is 1.06. The Bertz CT molecular complexity index is 1010. The van der Waals surface area contributed by atoms with Gasteiger partial charge in [0.2, 0.25) is 5.95 Å². The van der Waals surface area contributed by atoms with Crippen molar-refractivity contribution in [2.75, 3.05) is 31.1 Å². The van der Waals surface area contributed by atoms with Crippen LogP contribution < -0.4 is 10.5 Å². The van der Waals surface area contributed by atoms with Crippen LogP contribution in [-0.2, 0) is 20.0 Å². The third kappa shape index (κ3) is 3.49. The first-order valence-corrected chi connectivity index (χ1v) is 9.65. The van der Waals surface area contributed by atoms with Crippen LogP contribution in [0, 0.1) is 6.92 Å². The smallest absolute Gasteiger partial charge is 0.251 e. The molecule has 27 heavy (non-hydrogen) atoms. The van der Waals surface area contributed by atoms with Gasteiger partial charge < -0.3 is 14.5 Å². The Morgan fingerprint density at radius 2 is 1.93 bits per heavy atom. The summed E-state index contributed by atoms with van der Waals surface area (Å²) in [7, 11) is 2.07. The van der Waals surface area contributed by atoms with Crippen molar-refractivity contribution < 1.29 is 0 Å². The van der Waals surface area contributed by atoms with Crippen LogP contribution in [0.2, 0.25) is 0 Å². The molecular weight excluding hydrogens is 338 g/mol. The van der Waals surface area contributed by atoms with E-state index in [0.29, 0.717) is 0 Å². The fourth-order valence-corrected chi connectivity index (χ4v) is 3.79. The maximum atomic E-state index is 12.1.